The molecule has 1 aliphatic heterocycles. The lowest BCUT2D eigenvalue weighted by Gasteiger charge is -2.43. The van der Waals surface area contributed by atoms with Crippen molar-refractivity contribution in [1.29, 1.82) is 5.26 Å². The molecule has 2 aliphatic rings. The fourth-order valence-corrected chi connectivity index (χ4v) is 5.44. The molecule has 0 saturated carbocycles. The maximum atomic E-state index is 13.7. The van der Waals surface area contributed by atoms with E-state index < -0.39 is 5.92 Å². The van der Waals surface area contributed by atoms with Crippen LogP contribution in [0.4, 0.5) is 5.69 Å². The highest BCUT2D eigenvalue weighted by Gasteiger charge is 2.45. The van der Waals surface area contributed by atoms with Crippen molar-refractivity contribution in [3.8, 4) is 6.07 Å². The van der Waals surface area contributed by atoms with Crippen molar-refractivity contribution in [2.24, 2.45) is 11.1 Å². The molecule has 0 spiro atoms. The number of aromatic nitrogens is 1. The molecular weight excluding hydrogens is 444 g/mol. The molecule has 0 radical (unpaired) electrons. The van der Waals surface area contributed by atoms with Crippen molar-refractivity contribution < 1.29 is 4.79 Å². The summed E-state index contributed by atoms with van der Waals surface area (Å²) in [7, 11) is 0. The lowest BCUT2D eigenvalue weighted by atomic mass is 9.68. The quantitative estimate of drug-likeness (QED) is 0.457. The summed E-state index contributed by atoms with van der Waals surface area (Å²) in [6, 6.07) is 19.8. The van der Waals surface area contributed by atoms with Crippen LogP contribution >= 0.6 is 11.6 Å². The molecule has 2 N–H and O–H groups in total. The highest BCUT2D eigenvalue weighted by atomic mass is 35.5. The highest BCUT2D eigenvalue weighted by molar-refractivity contribution is 6.31. The number of para-hydroxylation sites is 1. The molecule has 5 rings (SSSR count). The van der Waals surface area contributed by atoms with E-state index in [9.17, 15) is 10.1 Å². The number of aryl methyl sites for hydroxylation is 1. The first-order valence-corrected chi connectivity index (χ1v) is 11.7. The summed E-state index contributed by atoms with van der Waals surface area (Å²) < 4.78 is 0. The summed E-state index contributed by atoms with van der Waals surface area (Å²) >= 11 is 6.70. The van der Waals surface area contributed by atoms with Crippen molar-refractivity contribution in [2.45, 2.75) is 39.5 Å². The van der Waals surface area contributed by atoms with Crippen LogP contribution in [0.1, 0.15) is 43.7 Å². The number of Topliss-reactive ketones (excluding diaryl/α,β-unsaturated/α-hetero) is 1. The minimum Gasteiger partial charge on any atom is -0.384 e. The number of ketones is 1. The van der Waals surface area contributed by atoms with E-state index in [1.54, 1.807) is 0 Å². The van der Waals surface area contributed by atoms with Gasteiger partial charge < -0.3 is 5.73 Å². The fourth-order valence-electron chi connectivity index (χ4n) is 5.18. The maximum Gasteiger partial charge on any atom is 0.162 e. The van der Waals surface area contributed by atoms with Crippen molar-refractivity contribution in [1.82, 2.24) is 4.98 Å². The number of carbonyl (C=O) groups excluding carboxylic acids is 1. The van der Waals surface area contributed by atoms with Crippen molar-refractivity contribution in [3.63, 3.8) is 0 Å². The monoisotopic (exact) mass is 468 g/mol. The molecule has 6 heteroatoms. The smallest absolute Gasteiger partial charge is 0.162 e. The summed E-state index contributed by atoms with van der Waals surface area (Å²) in [5.74, 6) is -0.324. The second-order valence-corrected chi connectivity index (χ2v) is 10.2. The number of halogens is 1. The standard InChI is InChI=1S/C28H25ClN4O/c1-16-9-10-21-17(11-16)12-19(26(29)32-21)24-20(15-30)27(31)33(18-7-5-4-6-8-18)22-13-28(2,3)14-23(34)25(22)24/h4-12,24H,13-14,31H2,1-3H3. The average Bonchev–Trinajstić information content (AvgIpc) is 2.78. The molecule has 1 unspecified atom stereocenters. The van der Waals surface area contributed by atoms with Gasteiger partial charge >= 0.3 is 0 Å². The van der Waals surface area contributed by atoms with Gasteiger partial charge in [0.15, 0.2) is 5.78 Å². The maximum absolute atomic E-state index is 13.7. The number of pyridine rings is 1. The molecule has 0 saturated heterocycles. The molecule has 2 aromatic carbocycles. The summed E-state index contributed by atoms with van der Waals surface area (Å²) in [4.78, 5) is 20.2. The lowest BCUT2D eigenvalue weighted by molar-refractivity contribution is -0.118. The van der Waals surface area contributed by atoms with E-state index in [-0.39, 0.29) is 16.4 Å². The Labute approximate surface area is 204 Å². The number of hydrogen-bond acceptors (Lipinski definition) is 5. The van der Waals surface area contributed by atoms with Crippen molar-refractivity contribution in [2.75, 3.05) is 4.90 Å². The second-order valence-electron chi connectivity index (χ2n) is 9.88. The first-order chi connectivity index (χ1) is 16.2. The average molecular weight is 469 g/mol. The Kier molecular flexibility index (Phi) is 5.22. The van der Waals surface area contributed by atoms with Crippen LogP contribution in [0.2, 0.25) is 5.15 Å². The molecule has 5 nitrogen and oxygen atoms in total. The van der Waals surface area contributed by atoms with Crippen LogP contribution in [0.15, 0.2) is 77.3 Å². The van der Waals surface area contributed by atoms with Crippen LogP contribution in [0.5, 0.6) is 0 Å². The van der Waals surface area contributed by atoms with Crippen molar-refractivity contribution in [3.05, 3.63) is 93.5 Å². The Bertz CT molecular complexity index is 1450. The zero-order chi connectivity index (χ0) is 24.2. The zero-order valence-electron chi connectivity index (χ0n) is 19.4. The fraction of sp³-hybridized carbons (Fsp3) is 0.250. The van der Waals surface area contributed by atoms with Crippen LogP contribution in [0.3, 0.4) is 0 Å². The van der Waals surface area contributed by atoms with Gasteiger partial charge in [0.25, 0.3) is 0 Å². The van der Waals surface area contributed by atoms with Gasteiger partial charge in [-0.05, 0) is 49.1 Å². The van der Waals surface area contributed by atoms with Crippen LogP contribution in [-0.4, -0.2) is 10.8 Å². The molecule has 0 fully saturated rings. The number of anilines is 1. The summed E-state index contributed by atoms with van der Waals surface area (Å²) in [5.41, 5.74) is 11.5. The topological polar surface area (TPSA) is 83.0 Å². The number of nitrogens with zero attached hydrogens (tertiary/aromatic N) is 3. The van der Waals surface area contributed by atoms with E-state index >= 15 is 0 Å². The molecule has 1 atom stereocenters. The summed E-state index contributed by atoms with van der Waals surface area (Å²) in [6.45, 7) is 6.18. The Morgan fingerprint density at radius 1 is 1.15 bits per heavy atom. The third kappa shape index (κ3) is 3.55. The van der Waals surface area contributed by atoms with Gasteiger partial charge in [0.1, 0.15) is 11.0 Å². The molecule has 0 bridgehead atoms. The SMILES string of the molecule is Cc1ccc2nc(Cl)c(C3C(C#N)=C(N)N(c4ccccc4)C4=C3C(=O)CC(C)(C)C4)cc2c1. The van der Waals surface area contributed by atoms with Gasteiger partial charge in [-0.1, -0.05) is 55.3 Å². The highest BCUT2D eigenvalue weighted by Crippen LogP contribution is 2.51. The minimum absolute atomic E-state index is 0.0119. The first kappa shape index (κ1) is 22.2. The zero-order valence-corrected chi connectivity index (χ0v) is 20.1. The van der Waals surface area contributed by atoms with Crippen LogP contribution in [0, 0.1) is 23.7 Å². The number of nitriles is 1. The van der Waals surface area contributed by atoms with Gasteiger partial charge in [-0.3, -0.25) is 9.69 Å². The Hall–Kier alpha value is -3.62. The molecule has 1 aromatic heterocycles. The Morgan fingerprint density at radius 2 is 1.88 bits per heavy atom. The molecule has 3 aromatic rings. The third-order valence-electron chi connectivity index (χ3n) is 6.66. The second kappa shape index (κ2) is 8.00. The van der Waals surface area contributed by atoms with Crippen LogP contribution in [-0.2, 0) is 4.79 Å². The van der Waals surface area contributed by atoms with Gasteiger partial charge in [0, 0.05) is 34.3 Å². The first-order valence-electron chi connectivity index (χ1n) is 11.3. The number of nitrogens with two attached hydrogens (primary N) is 1. The van der Waals surface area contributed by atoms with E-state index in [4.69, 9.17) is 17.3 Å². The lowest BCUT2D eigenvalue weighted by Crippen LogP contribution is -2.42. The number of hydrogen-bond donors (Lipinski definition) is 1. The summed E-state index contributed by atoms with van der Waals surface area (Å²) in [6.07, 6.45) is 1.04. The van der Waals surface area contributed by atoms with Gasteiger partial charge in [-0.15, -0.1) is 0 Å². The van der Waals surface area contributed by atoms with Crippen LogP contribution in [0.25, 0.3) is 10.9 Å². The number of carbonyl (C=O) groups is 1. The van der Waals surface area contributed by atoms with Gasteiger partial charge in [0.2, 0.25) is 0 Å². The Balaban J connectivity index is 1.81. The van der Waals surface area contributed by atoms with Gasteiger partial charge in [-0.2, -0.15) is 5.26 Å². The number of benzene rings is 2. The predicted molar refractivity (Wildman–Crippen MR) is 135 cm³/mol. The van der Waals surface area contributed by atoms with E-state index in [0.29, 0.717) is 35.4 Å². The van der Waals surface area contributed by atoms with Crippen LogP contribution < -0.4 is 10.6 Å². The minimum atomic E-state index is -0.659. The predicted octanol–water partition coefficient (Wildman–Crippen LogP) is 6.14. The molecule has 34 heavy (non-hydrogen) atoms. The summed E-state index contributed by atoms with van der Waals surface area (Å²) in [5, 5.41) is 11.5. The molecule has 1 aliphatic carbocycles. The van der Waals surface area contributed by atoms with E-state index in [1.807, 2.05) is 66.4 Å². The van der Waals surface area contributed by atoms with E-state index in [0.717, 1.165) is 27.9 Å². The number of fused-ring (bicyclic) bond motifs is 1. The molecule has 170 valence electrons. The number of rotatable bonds is 2. The largest absolute Gasteiger partial charge is 0.384 e. The van der Waals surface area contributed by atoms with E-state index in [1.165, 1.54) is 0 Å². The molecule has 0 amide bonds. The molecular formula is C28H25ClN4O. The van der Waals surface area contributed by atoms with Gasteiger partial charge in [0.05, 0.1) is 23.1 Å². The van der Waals surface area contributed by atoms with Gasteiger partial charge in [-0.25, -0.2) is 4.98 Å². The third-order valence-corrected chi connectivity index (χ3v) is 6.96. The van der Waals surface area contributed by atoms with Crippen molar-refractivity contribution >= 4 is 34.0 Å². The van der Waals surface area contributed by atoms with E-state index in [2.05, 4.69) is 24.9 Å². The Morgan fingerprint density at radius 3 is 2.59 bits per heavy atom. The number of allylic oxidation sites excluding steroid dienone is 3. The molecule has 2 heterocycles. The normalized spacial score (nSPS) is 19.9.